The quantitative estimate of drug-likeness (QED) is 0.902. The van der Waals surface area contributed by atoms with E-state index in [1.165, 1.54) is 0 Å². The van der Waals surface area contributed by atoms with E-state index in [1.807, 2.05) is 43.9 Å². The SMILES string of the molecule is CCC(=O)N1CCCC(C(=O)NC(C)c2cc(C)ccc2OC)C1. The van der Waals surface area contributed by atoms with E-state index in [4.69, 9.17) is 4.74 Å². The van der Waals surface area contributed by atoms with Crippen molar-refractivity contribution in [3.63, 3.8) is 0 Å². The second-order valence-electron chi connectivity index (χ2n) is 6.51. The molecule has 2 rings (SSSR count). The van der Waals surface area contributed by atoms with Crippen molar-refractivity contribution in [1.29, 1.82) is 0 Å². The molecule has 0 aromatic heterocycles. The van der Waals surface area contributed by atoms with Crippen LogP contribution >= 0.6 is 0 Å². The minimum atomic E-state index is -0.135. The number of hydrogen-bond acceptors (Lipinski definition) is 3. The first-order valence-electron chi connectivity index (χ1n) is 8.69. The molecule has 1 aliphatic rings. The second kappa shape index (κ2) is 8.18. The maximum atomic E-state index is 12.6. The van der Waals surface area contributed by atoms with E-state index in [9.17, 15) is 9.59 Å². The molecule has 0 radical (unpaired) electrons. The summed E-state index contributed by atoms with van der Waals surface area (Å²) in [6, 6.07) is 5.82. The standard InChI is InChI=1S/C19H28N2O3/c1-5-18(22)21-10-6-7-15(12-21)19(23)20-14(3)16-11-13(2)8-9-17(16)24-4/h8-9,11,14-15H,5-7,10,12H2,1-4H3,(H,20,23). The highest BCUT2D eigenvalue weighted by atomic mass is 16.5. The van der Waals surface area contributed by atoms with Gasteiger partial charge in [-0.25, -0.2) is 0 Å². The lowest BCUT2D eigenvalue weighted by atomic mass is 9.95. The third-order valence-electron chi connectivity index (χ3n) is 4.66. The number of piperidine rings is 1. The normalized spacial score (nSPS) is 18.8. The van der Waals surface area contributed by atoms with Crippen LogP contribution in [-0.4, -0.2) is 36.9 Å². The molecular weight excluding hydrogens is 304 g/mol. The van der Waals surface area contributed by atoms with Gasteiger partial charge in [0.2, 0.25) is 11.8 Å². The van der Waals surface area contributed by atoms with Gasteiger partial charge in [0.15, 0.2) is 0 Å². The molecule has 5 nitrogen and oxygen atoms in total. The Morgan fingerprint density at radius 2 is 2.17 bits per heavy atom. The number of benzene rings is 1. The predicted octanol–water partition coefficient (Wildman–Crippen LogP) is 2.83. The third kappa shape index (κ3) is 4.28. The first kappa shape index (κ1) is 18.3. The monoisotopic (exact) mass is 332 g/mol. The van der Waals surface area contributed by atoms with Crippen LogP contribution in [0.3, 0.4) is 0 Å². The molecule has 1 aromatic rings. The third-order valence-corrected chi connectivity index (χ3v) is 4.66. The highest BCUT2D eigenvalue weighted by Gasteiger charge is 2.28. The zero-order chi connectivity index (χ0) is 17.7. The van der Waals surface area contributed by atoms with Gasteiger partial charge in [-0.05, 0) is 32.8 Å². The number of aryl methyl sites for hydroxylation is 1. The van der Waals surface area contributed by atoms with Crippen molar-refractivity contribution in [3.8, 4) is 5.75 Å². The second-order valence-corrected chi connectivity index (χ2v) is 6.51. The fourth-order valence-corrected chi connectivity index (χ4v) is 3.24. The Morgan fingerprint density at radius 1 is 1.42 bits per heavy atom. The number of nitrogens with one attached hydrogen (secondary N) is 1. The first-order valence-corrected chi connectivity index (χ1v) is 8.69. The Morgan fingerprint density at radius 3 is 2.83 bits per heavy atom. The average Bonchev–Trinajstić information content (AvgIpc) is 2.60. The van der Waals surface area contributed by atoms with Gasteiger partial charge >= 0.3 is 0 Å². The highest BCUT2D eigenvalue weighted by molar-refractivity contribution is 5.81. The van der Waals surface area contributed by atoms with E-state index in [-0.39, 0.29) is 23.8 Å². The molecule has 5 heteroatoms. The number of methoxy groups -OCH3 is 1. The van der Waals surface area contributed by atoms with Crippen LogP contribution in [0.5, 0.6) is 5.75 Å². The summed E-state index contributed by atoms with van der Waals surface area (Å²) in [5.74, 6) is 0.785. The van der Waals surface area contributed by atoms with E-state index in [1.54, 1.807) is 7.11 Å². The van der Waals surface area contributed by atoms with Gasteiger partial charge < -0.3 is 15.0 Å². The van der Waals surface area contributed by atoms with Gasteiger partial charge in [-0.15, -0.1) is 0 Å². The molecule has 24 heavy (non-hydrogen) atoms. The predicted molar refractivity (Wildman–Crippen MR) is 93.9 cm³/mol. The van der Waals surface area contributed by atoms with E-state index < -0.39 is 0 Å². The first-order chi connectivity index (χ1) is 11.5. The van der Waals surface area contributed by atoms with Crippen molar-refractivity contribution in [1.82, 2.24) is 10.2 Å². The Hall–Kier alpha value is -2.04. The summed E-state index contributed by atoms with van der Waals surface area (Å²) < 4.78 is 5.41. The number of carbonyl (C=O) groups is 2. The molecule has 1 aromatic carbocycles. The van der Waals surface area contributed by atoms with Crippen molar-refractivity contribution in [2.24, 2.45) is 5.92 Å². The number of likely N-dealkylation sites (tertiary alicyclic amines) is 1. The van der Waals surface area contributed by atoms with Gasteiger partial charge in [0.1, 0.15) is 5.75 Å². The molecule has 0 spiro atoms. The summed E-state index contributed by atoms with van der Waals surface area (Å²) >= 11 is 0. The molecule has 0 aliphatic carbocycles. The van der Waals surface area contributed by atoms with Crippen LogP contribution < -0.4 is 10.1 Å². The Balaban J connectivity index is 2.03. The Labute approximate surface area is 144 Å². The number of ether oxygens (including phenoxy) is 1. The van der Waals surface area contributed by atoms with Crippen LogP contribution in [0.25, 0.3) is 0 Å². The number of hydrogen-bond donors (Lipinski definition) is 1. The summed E-state index contributed by atoms with van der Waals surface area (Å²) in [5.41, 5.74) is 2.10. The van der Waals surface area contributed by atoms with Crippen LogP contribution in [-0.2, 0) is 9.59 Å². The summed E-state index contributed by atoms with van der Waals surface area (Å²) in [6.07, 6.45) is 2.20. The number of rotatable bonds is 5. The van der Waals surface area contributed by atoms with Crippen LogP contribution in [0.1, 0.15) is 50.3 Å². The van der Waals surface area contributed by atoms with Gasteiger partial charge in [-0.3, -0.25) is 9.59 Å². The molecule has 0 saturated carbocycles. The maximum Gasteiger partial charge on any atom is 0.225 e. The molecule has 1 heterocycles. The molecule has 1 N–H and O–H groups in total. The summed E-state index contributed by atoms with van der Waals surface area (Å²) in [4.78, 5) is 26.3. The van der Waals surface area contributed by atoms with Crippen LogP contribution in [0.2, 0.25) is 0 Å². The topological polar surface area (TPSA) is 58.6 Å². The molecular formula is C19H28N2O3. The van der Waals surface area contributed by atoms with Gasteiger partial charge in [0, 0.05) is 25.1 Å². The zero-order valence-corrected chi connectivity index (χ0v) is 15.1. The average molecular weight is 332 g/mol. The smallest absolute Gasteiger partial charge is 0.225 e. The lowest BCUT2D eigenvalue weighted by molar-refractivity contribution is -0.135. The summed E-state index contributed by atoms with van der Waals surface area (Å²) in [5, 5.41) is 3.09. The van der Waals surface area contributed by atoms with Crippen molar-refractivity contribution in [2.75, 3.05) is 20.2 Å². The van der Waals surface area contributed by atoms with Gasteiger partial charge in [-0.2, -0.15) is 0 Å². The van der Waals surface area contributed by atoms with E-state index in [0.717, 1.165) is 36.3 Å². The van der Waals surface area contributed by atoms with E-state index in [2.05, 4.69) is 5.32 Å². The molecule has 2 unspecified atom stereocenters. The number of nitrogens with zero attached hydrogens (tertiary/aromatic N) is 1. The van der Waals surface area contributed by atoms with Crippen molar-refractivity contribution < 1.29 is 14.3 Å². The lowest BCUT2D eigenvalue weighted by Crippen LogP contribution is -2.45. The number of amides is 2. The van der Waals surface area contributed by atoms with Crippen molar-refractivity contribution >= 4 is 11.8 Å². The fraction of sp³-hybridized carbons (Fsp3) is 0.579. The van der Waals surface area contributed by atoms with Gasteiger partial charge in [0.25, 0.3) is 0 Å². The van der Waals surface area contributed by atoms with E-state index in [0.29, 0.717) is 13.0 Å². The Bertz CT molecular complexity index is 600. The van der Waals surface area contributed by atoms with Crippen LogP contribution in [0.15, 0.2) is 18.2 Å². The van der Waals surface area contributed by atoms with Gasteiger partial charge in [-0.1, -0.05) is 24.6 Å². The molecule has 1 saturated heterocycles. The molecule has 0 bridgehead atoms. The molecule has 1 fully saturated rings. The van der Waals surface area contributed by atoms with Crippen molar-refractivity contribution in [2.45, 2.75) is 46.1 Å². The summed E-state index contributed by atoms with van der Waals surface area (Å²) in [7, 11) is 1.64. The molecule has 2 amide bonds. The molecule has 2 atom stereocenters. The number of carbonyl (C=O) groups excluding carboxylic acids is 2. The summed E-state index contributed by atoms with van der Waals surface area (Å²) in [6.45, 7) is 7.13. The van der Waals surface area contributed by atoms with E-state index >= 15 is 0 Å². The highest BCUT2D eigenvalue weighted by Crippen LogP contribution is 2.27. The van der Waals surface area contributed by atoms with Crippen LogP contribution in [0.4, 0.5) is 0 Å². The minimum absolute atomic E-state index is 0.0136. The van der Waals surface area contributed by atoms with Gasteiger partial charge in [0.05, 0.1) is 19.1 Å². The molecule has 132 valence electrons. The largest absolute Gasteiger partial charge is 0.496 e. The Kier molecular flexibility index (Phi) is 6.23. The van der Waals surface area contributed by atoms with Crippen molar-refractivity contribution in [3.05, 3.63) is 29.3 Å². The maximum absolute atomic E-state index is 12.6. The van der Waals surface area contributed by atoms with Crippen LogP contribution in [0, 0.1) is 12.8 Å². The zero-order valence-electron chi connectivity index (χ0n) is 15.1. The molecule has 1 aliphatic heterocycles. The minimum Gasteiger partial charge on any atom is -0.496 e. The lowest BCUT2D eigenvalue weighted by Gasteiger charge is -2.32. The fourth-order valence-electron chi connectivity index (χ4n) is 3.24.